The molecule has 2 rings (SSSR count). The fraction of sp³-hybridized carbons (Fsp3) is 0.250. The summed E-state index contributed by atoms with van der Waals surface area (Å²) in [6.45, 7) is 2.00. The summed E-state index contributed by atoms with van der Waals surface area (Å²) in [5.41, 5.74) is 1.45. The summed E-state index contributed by atoms with van der Waals surface area (Å²) in [6.07, 6.45) is 1.49. The summed E-state index contributed by atoms with van der Waals surface area (Å²) in [7, 11) is 3.04. The van der Waals surface area contributed by atoms with Crippen LogP contribution < -0.4 is 5.32 Å². The maximum absolute atomic E-state index is 11.5. The minimum atomic E-state index is -0.450. The number of anilines is 1. The van der Waals surface area contributed by atoms with Crippen LogP contribution in [-0.4, -0.2) is 30.1 Å². The smallest absolute Gasteiger partial charge is 0.343 e. The SMILES string of the molecule is CNc1nc(-c2sccc2C)ncc1C(=O)OC. The lowest BCUT2D eigenvalue weighted by molar-refractivity contribution is 0.0601. The highest BCUT2D eigenvalue weighted by Gasteiger charge is 2.16. The molecule has 0 aliphatic heterocycles. The van der Waals surface area contributed by atoms with Crippen molar-refractivity contribution in [1.29, 1.82) is 0 Å². The molecular weight excluding hydrogens is 250 g/mol. The van der Waals surface area contributed by atoms with Crippen molar-refractivity contribution in [2.24, 2.45) is 0 Å². The van der Waals surface area contributed by atoms with Crippen LogP contribution in [0.25, 0.3) is 10.7 Å². The van der Waals surface area contributed by atoms with Gasteiger partial charge in [-0.05, 0) is 23.9 Å². The van der Waals surface area contributed by atoms with Crippen molar-refractivity contribution in [3.8, 4) is 10.7 Å². The third kappa shape index (κ3) is 2.19. The van der Waals surface area contributed by atoms with Gasteiger partial charge in [0.05, 0.1) is 12.0 Å². The average Bonchev–Trinajstić information content (AvgIpc) is 2.83. The number of thiophene rings is 1. The maximum Gasteiger partial charge on any atom is 0.343 e. The number of methoxy groups -OCH3 is 1. The molecule has 0 saturated heterocycles. The molecule has 94 valence electrons. The van der Waals surface area contributed by atoms with Gasteiger partial charge in [0.15, 0.2) is 5.82 Å². The number of aromatic nitrogens is 2. The van der Waals surface area contributed by atoms with Crippen molar-refractivity contribution in [1.82, 2.24) is 9.97 Å². The molecule has 2 aromatic heterocycles. The molecule has 1 N–H and O–H groups in total. The molecule has 0 fully saturated rings. The Labute approximate surface area is 109 Å². The first-order valence-electron chi connectivity index (χ1n) is 5.35. The zero-order valence-electron chi connectivity index (χ0n) is 10.4. The first-order chi connectivity index (χ1) is 8.67. The quantitative estimate of drug-likeness (QED) is 0.861. The summed E-state index contributed by atoms with van der Waals surface area (Å²) in [6, 6.07) is 2.01. The van der Waals surface area contributed by atoms with Crippen LogP contribution >= 0.6 is 11.3 Å². The van der Waals surface area contributed by atoms with Crippen molar-refractivity contribution in [2.45, 2.75) is 6.92 Å². The van der Waals surface area contributed by atoms with Crippen LogP contribution in [0.5, 0.6) is 0 Å². The van der Waals surface area contributed by atoms with Crippen LogP contribution in [0.4, 0.5) is 5.82 Å². The molecule has 2 aromatic rings. The number of aryl methyl sites for hydroxylation is 1. The summed E-state index contributed by atoms with van der Waals surface area (Å²) in [5.74, 6) is 0.632. The number of nitrogens with zero attached hydrogens (tertiary/aromatic N) is 2. The average molecular weight is 263 g/mol. The van der Waals surface area contributed by atoms with Gasteiger partial charge < -0.3 is 10.1 Å². The molecule has 0 radical (unpaired) electrons. The number of hydrogen-bond acceptors (Lipinski definition) is 6. The van der Waals surface area contributed by atoms with Crippen LogP contribution in [0.3, 0.4) is 0 Å². The Kier molecular flexibility index (Phi) is 3.57. The fourth-order valence-electron chi connectivity index (χ4n) is 1.54. The molecule has 0 atom stereocenters. The molecule has 2 heterocycles. The predicted octanol–water partition coefficient (Wildman–Crippen LogP) is 2.34. The van der Waals surface area contributed by atoms with E-state index < -0.39 is 5.97 Å². The van der Waals surface area contributed by atoms with Gasteiger partial charge in [-0.2, -0.15) is 0 Å². The third-order valence-corrected chi connectivity index (χ3v) is 3.51. The lowest BCUT2D eigenvalue weighted by atomic mass is 10.2. The van der Waals surface area contributed by atoms with Crippen molar-refractivity contribution < 1.29 is 9.53 Å². The van der Waals surface area contributed by atoms with Gasteiger partial charge >= 0.3 is 5.97 Å². The van der Waals surface area contributed by atoms with Crippen LogP contribution in [-0.2, 0) is 4.74 Å². The number of esters is 1. The Morgan fingerprint density at radius 1 is 1.50 bits per heavy atom. The first-order valence-corrected chi connectivity index (χ1v) is 6.23. The minimum absolute atomic E-state index is 0.331. The normalized spacial score (nSPS) is 10.2. The second kappa shape index (κ2) is 5.14. The molecule has 5 nitrogen and oxygen atoms in total. The molecule has 0 spiro atoms. The van der Waals surface area contributed by atoms with Gasteiger partial charge in [-0.1, -0.05) is 0 Å². The number of nitrogens with one attached hydrogen (secondary N) is 1. The molecule has 0 unspecified atom stereocenters. The van der Waals surface area contributed by atoms with E-state index in [9.17, 15) is 4.79 Å². The summed E-state index contributed by atoms with van der Waals surface area (Å²) in [4.78, 5) is 21.1. The van der Waals surface area contributed by atoms with Crippen molar-refractivity contribution in [3.05, 3.63) is 28.8 Å². The van der Waals surface area contributed by atoms with Gasteiger partial charge in [-0.3, -0.25) is 0 Å². The number of rotatable bonds is 3. The zero-order chi connectivity index (χ0) is 13.1. The Morgan fingerprint density at radius 3 is 2.83 bits per heavy atom. The molecule has 0 saturated carbocycles. The number of carbonyl (C=O) groups excluding carboxylic acids is 1. The van der Waals surface area contributed by atoms with Crippen LogP contribution in [0.2, 0.25) is 0 Å². The second-order valence-corrected chi connectivity index (χ2v) is 4.55. The van der Waals surface area contributed by atoms with Crippen molar-refractivity contribution in [3.63, 3.8) is 0 Å². The number of ether oxygens (including phenoxy) is 1. The number of hydrogen-bond donors (Lipinski definition) is 1. The second-order valence-electron chi connectivity index (χ2n) is 3.63. The third-order valence-electron chi connectivity index (χ3n) is 2.50. The lowest BCUT2D eigenvalue weighted by Crippen LogP contribution is -2.09. The Bertz CT molecular complexity index is 580. The molecule has 0 bridgehead atoms. The highest BCUT2D eigenvalue weighted by Crippen LogP contribution is 2.27. The van der Waals surface area contributed by atoms with Gasteiger partial charge in [0, 0.05) is 13.2 Å². The van der Waals surface area contributed by atoms with Crippen molar-refractivity contribution >= 4 is 23.1 Å². The van der Waals surface area contributed by atoms with Gasteiger partial charge in [0.1, 0.15) is 11.4 Å². The van der Waals surface area contributed by atoms with Crippen LogP contribution in [0, 0.1) is 6.92 Å². The molecule has 6 heteroatoms. The number of carbonyl (C=O) groups is 1. The summed E-state index contributed by atoms with van der Waals surface area (Å²) in [5, 5.41) is 4.87. The van der Waals surface area contributed by atoms with E-state index in [0.717, 1.165) is 10.4 Å². The van der Waals surface area contributed by atoms with E-state index >= 15 is 0 Å². The minimum Gasteiger partial charge on any atom is -0.465 e. The largest absolute Gasteiger partial charge is 0.465 e. The van der Waals surface area contributed by atoms with E-state index in [1.807, 2.05) is 18.4 Å². The van der Waals surface area contributed by atoms with Crippen molar-refractivity contribution in [2.75, 3.05) is 19.5 Å². The fourth-order valence-corrected chi connectivity index (χ4v) is 2.41. The highest BCUT2D eigenvalue weighted by molar-refractivity contribution is 7.13. The maximum atomic E-state index is 11.5. The predicted molar refractivity (Wildman–Crippen MR) is 71.0 cm³/mol. The van der Waals surface area contributed by atoms with E-state index in [-0.39, 0.29) is 0 Å². The molecule has 0 aliphatic carbocycles. The molecule has 0 amide bonds. The van der Waals surface area contributed by atoms with E-state index in [2.05, 4.69) is 20.0 Å². The van der Waals surface area contributed by atoms with E-state index in [4.69, 9.17) is 0 Å². The molecule has 0 aromatic carbocycles. The Balaban J connectivity index is 2.48. The summed E-state index contributed by atoms with van der Waals surface area (Å²) >= 11 is 1.57. The van der Waals surface area contributed by atoms with E-state index in [1.54, 1.807) is 18.4 Å². The topological polar surface area (TPSA) is 64.1 Å². The summed E-state index contributed by atoms with van der Waals surface area (Å²) < 4.78 is 4.68. The lowest BCUT2D eigenvalue weighted by Gasteiger charge is -2.07. The van der Waals surface area contributed by atoms with Gasteiger partial charge in [0.2, 0.25) is 0 Å². The zero-order valence-corrected chi connectivity index (χ0v) is 11.2. The molecule has 0 aliphatic rings. The Hall–Kier alpha value is -1.95. The molecule has 18 heavy (non-hydrogen) atoms. The Morgan fingerprint density at radius 2 is 2.28 bits per heavy atom. The van der Waals surface area contributed by atoms with Crippen LogP contribution in [0.15, 0.2) is 17.6 Å². The van der Waals surface area contributed by atoms with E-state index in [1.165, 1.54) is 13.3 Å². The monoisotopic (exact) mass is 263 g/mol. The van der Waals surface area contributed by atoms with Gasteiger partial charge in [-0.25, -0.2) is 14.8 Å². The highest BCUT2D eigenvalue weighted by atomic mass is 32.1. The van der Waals surface area contributed by atoms with Gasteiger partial charge in [0.25, 0.3) is 0 Å². The van der Waals surface area contributed by atoms with E-state index in [0.29, 0.717) is 17.2 Å². The molecular formula is C12H13N3O2S. The van der Waals surface area contributed by atoms with Gasteiger partial charge in [-0.15, -0.1) is 11.3 Å². The first kappa shape index (κ1) is 12.5. The standard InChI is InChI=1S/C12H13N3O2S/c1-7-4-5-18-9(7)11-14-6-8(12(16)17-3)10(13-2)15-11/h4-6H,1-3H3,(H,13,14,15). The van der Waals surface area contributed by atoms with Crippen LogP contribution in [0.1, 0.15) is 15.9 Å².